The minimum atomic E-state index is -0.0126. The highest BCUT2D eigenvalue weighted by atomic mass is 35.5. The number of carbonyl (C=O) groups excluding carboxylic acids is 1. The van der Waals surface area contributed by atoms with Crippen molar-refractivity contribution in [3.05, 3.63) is 101 Å². The molecule has 0 atom stereocenters. The number of nitrogens with one attached hydrogen (secondary N) is 1. The number of benzene rings is 3. The van der Waals surface area contributed by atoms with Crippen LogP contribution >= 0.6 is 23.4 Å². The second-order valence-corrected chi connectivity index (χ2v) is 9.78. The van der Waals surface area contributed by atoms with Crippen LogP contribution < -0.4 is 10.2 Å². The van der Waals surface area contributed by atoms with Crippen LogP contribution in [0.5, 0.6) is 0 Å². The number of halogens is 1. The van der Waals surface area contributed by atoms with E-state index in [1.807, 2.05) is 30.3 Å². The Kier molecular flexibility index (Phi) is 8.70. The molecule has 1 aliphatic rings. The molecule has 1 fully saturated rings. The number of hydrogen-bond donors (Lipinski definition) is 1. The minimum Gasteiger partial charge on any atom is -0.369 e. The molecule has 0 unspecified atom stereocenters. The summed E-state index contributed by atoms with van der Waals surface area (Å²) in [4.78, 5) is 17.4. The molecular weight excluding hydrogens is 450 g/mol. The molecule has 3 aromatic carbocycles. The summed E-state index contributed by atoms with van der Waals surface area (Å²) >= 11 is 7.81. The maximum absolute atomic E-state index is 12.4. The zero-order valence-corrected chi connectivity index (χ0v) is 20.3. The number of amides is 1. The Labute approximate surface area is 205 Å². The predicted molar refractivity (Wildman–Crippen MR) is 140 cm³/mol. The van der Waals surface area contributed by atoms with Crippen LogP contribution in [0, 0.1) is 0 Å². The Morgan fingerprint density at radius 3 is 2.36 bits per heavy atom. The number of nitrogens with zero attached hydrogens (tertiary/aromatic N) is 2. The van der Waals surface area contributed by atoms with Crippen LogP contribution in [-0.2, 0) is 12.3 Å². The van der Waals surface area contributed by atoms with Crippen molar-refractivity contribution < 1.29 is 4.79 Å². The first kappa shape index (κ1) is 23.7. The van der Waals surface area contributed by atoms with E-state index in [4.69, 9.17) is 11.6 Å². The topological polar surface area (TPSA) is 35.6 Å². The van der Waals surface area contributed by atoms with Crippen molar-refractivity contribution in [2.45, 2.75) is 12.3 Å². The first-order valence-electron chi connectivity index (χ1n) is 11.4. The van der Waals surface area contributed by atoms with Gasteiger partial charge in [0.2, 0.25) is 0 Å². The second kappa shape index (κ2) is 12.1. The fraction of sp³-hybridized carbons (Fsp3) is 0.296. The average Bonchev–Trinajstić information content (AvgIpc) is 2.85. The summed E-state index contributed by atoms with van der Waals surface area (Å²) in [6.45, 7) is 5.75. The van der Waals surface area contributed by atoms with Crippen molar-refractivity contribution in [3.8, 4) is 0 Å². The Morgan fingerprint density at radius 2 is 1.64 bits per heavy atom. The Morgan fingerprint density at radius 1 is 0.879 bits per heavy atom. The number of rotatable bonds is 9. The molecule has 0 aliphatic carbocycles. The van der Waals surface area contributed by atoms with E-state index in [2.05, 4.69) is 63.6 Å². The smallest absolute Gasteiger partial charge is 0.251 e. The molecule has 1 amide bonds. The molecule has 0 bridgehead atoms. The summed E-state index contributed by atoms with van der Waals surface area (Å²) in [6, 6.07) is 26.5. The standard InChI is InChI=1S/C27H30ClN3OS/c28-25-6-4-5-23(19-25)21-33-18-13-29-27(32)24-11-9-22(10-12-24)20-30-14-16-31(17-15-30)26-7-2-1-3-8-26/h1-12,19H,13-18,20-21H2,(H,29,32). The van der Waals surface area contributed by atoms with Crippen molar-refractivity contribution in [2.24, 2.45) is 0 Å². The summed E-state index contributed by atoms with van der Waals surface area (Å²) in [6.07, 6.45) is 0. The molecule has 172 valence electrons. The highest BCUT2D eigenvalue weighted by molar-refractivity contribution is 7.98. The van der Waals surface area contributed by atoms with Crippen LogP contribution in [0.3, 0.4) is 0 Å². The summed E-state index contributed by atoms with van der Waals surface area (Å²) < 4.78 is 0. The van der Waals surface area contributed by atoms with E-state index in [-0.39, 0.29) is 5.91 Å². The number of hydrogen-bond acceptors (Lipinski definition) is 4. The van der Waals surface area contributed by atoms with Crippen LogP contribution in [0.4, 0.5) is 5.69 Å². The number of carbonyl (C=O) groups is 1. The lowest BCUT2D eigenvalue weighted by atomic mass is 10.1. The van der Waals surface area contributed by atoms with Crippen LogP contribution in [0.1, 0.15) is 21.5 Å². The summed E-state index contributed by atoms with van der Waals surface area (Å²) in [7, 11) is 0. The van der Waals surface area contributed by atoms with Gasteiger partial charge in [-0.25, -0.2) is 0 Å². The zero-order valence-electron chi connectivity index (χ0n) is 18.8. The monoisotopic (exact) mass is 479 g/mol. The van der Waals surface area contributed by atoms with Gasteiger partial charge in [0.05, 0.1) is 0 Å². The number of anilines is 1. The molecule has 1 aliphatic heterocycles. The molecule has 3 aromatic rings. The third-order valence-corrected chi connectivity index (χ3v) is 7.07. The van der Waals surface area contributed by atoms with E-state index in [0.717, 1.165) is 49.3 Å². The molecule has 0 aromatic heterocycles. The van der Waals surface area contributed by atoms with Crippen molar-refractivity contribution in [1.82, 2.24) is 10.2 Å². The number of piperazine rings is 1. The summed E-state index contributed by atoms with van der Waals surface area (Å²) in [5.74, 6) is 1.75. The second-order valence-electron chi connectivity index (χ2n) is 8.23. The largest absolute Gasteiger partial charge is 0.369 e. The molecule has 4 rings (SSSR count). The highest BCUT2D eigenvalue weighted by Crippen LogP contribution is 2.18. The Balaban J connectivity index is 1.15. The molecule has 1 heterocycles. The van der Waals surface area contributed by atoms with Gasteiger partial charge < -0.3 is 10.2 Å². The summed E-state index contributed by atoms with van der Waals surface area (Å²) in [5.41, 5.74) is 4.47. The highest BCUT2D eigenvalue weighted by Gasteiger charge is 2.17. The first-order chi connectivity index (χ1) is 16.2. The van der Waals surface area contributed by atoms with Crippen LogP contribution in [-0.4, -0.2) is 49.3 Å². The lowest BCUT2D eigenvalue weighted by molar-refractivity contribution is 0.0956. The average molecular weight is 480 g/mol. The summed E-state index contributed by atoms with van der Waals surface area (Å²) in [5, 5.41) is 3.78. The van der Waals surface area contributed by atoms with Gasteiger partial charge in [0.15, 0.2) is 0 Å². The molecule has 1 N–H and O–H groups in total. The van der Waals surface area contributed by atoms with E-state index in [9.17, 15) is 4.79 Å². The lowest BCUT2D eigenvalue weighted by Gasteiger charge is -2.36. The van der Waals surface area contributed by atoms with Gasteiger partial charge in [-0.2, -0.15) is 11.8 Å². The molecule has 0 spiro atoms. The minimum absolute atomic E-state index is 0.0126. The van der Waals surface area contributed by atoms with Gasteiger partial charge in [-0.3, -0.25) is 9.69 Å². The van der Waals surface area contributed by atoms with E-state index in [1.165, 1.54) is 16.8 Å². The number of thioether (sulfide) groups is 1. The third kappa shape index (κ3) is 7.26. The van der Waals surface area contributed by atoms with E-state index in [1.54, 1.807) is 11.8 Å². The van der Waals surface area contributed by atoms with Gasteiger partial charge in [-0.15, -0.1) is 0 Å². The fourth-order valence-corrected chi connectivity index (χ4v) is 5.00. The quantitative estimate of drug-likeness (QED) is 0.421. The molecule has 4 nitrogen and oxygen atoms in total. The number of para-hydroxylation sites is 1. The van der Waals surface area contributed by atoms with Gasteiger partial charge in [0.25, 0.3) is 5.91 Å². The van der Waals surface area contributed by atoms with Gasteiger partial charge in [0, 0.05) is 67.0 Å². The zero-order chi connectivity index (χ0) is 22.9. The van der Waals surface area contributed by atoms with Gasteiger partial charge in [0.1, 0.15) is 0 Å². The van der Waals surface area contributed by atoms with Gasteiger partial charge >= 0.3 is 0 Å². The maximum atomic E-state index is 12.4. The molecule has 1 saturated heterocycles. The van der Waals surface area contributed by atoms with Crippen molar-refractivity contribution >= 4 is 35.0 Å². The molecule has 0 radical (unpaired) electrons. The van der Waals surface area contributed by atoms with E-state index < -0.39 is 0 Å². The molecule has 0 saturated carbocycles. The van der Waals surface area contributed by atoms with Crippen molar-refractivity contribution in [1.29, 1.82) is 0 Å². The Bertz CT molecular complexity index is 1020. The van der Waals surface area contributed by atoms with Gasteiger partial charge in [-0.05, 0) is 47.5 Å². The van der Waals surface area contributed by atoms with E-state index >= 15 is 0 Å². The molecular formula is C27H30ClN3OS. The molecule has 33 heavy (non-hydrogen) atoms. The fourth-order valence-electron chi connectivity index (χ4n) is 3.98. The van der Waals surface area contributed by atoms with Gasteiger partial charge in [-0.1, -0.05) is 54.1 Å². The maximum Gasteiger partial charge on any atom is 0.251 e. The predicted octanol–water partition coefficient (Wildman–Crippen LogP) is 5.33. The Hall–Kier alpha value is -2.47. The normalized spacial score (nSPS) is 14.3. The van der Waals surface area contributed by atoms with Crippen LogP contribution in [0.2, 0.25) is 5.02 Å². The first-order valence-corrected chi connectivity index (χ1v) is 12.9. The third-order valence-electron chi connectivity index (χ3n) is 5.81. The van der Waals surface area contributed by atoms with Crippen LogP contribution in [0.15, 0.2) is 78.9 Å². The van der Waals surface area contributed by atoms with E-state index in [0.29, 0.717) is 12.1 Å². The SMILES string of the molecule is O=C(NCCSCc1cccc(Cl)c1)c1ccc(CN2CCN(c3ccccc3)CC2)cc1. The van der Waals surface area contributed by atoms with Crippen molar-refractivity contribution in [2.75, 3.05) is 43.4 Å². The lowest BCUT2D eigenvalue weighted by Crippen LogP contribution is -2.45. The molecule has 6 heteroatoms. The van der Waals surface area contributed by atoms with Crippen molar-refractivity contribution in [3.63, 3.8) is 0 Å². The van der Waals surface area contributed by atoms with Crippen LogP contribution in [0.25, 0.3) is 0 Å².